The molecule has 0 saturated carbocycles. The van der Waals surface area contributed by atoms with Gasteiger partial charge in [0, 0.05) is 22.7 Å². The van der Waals surface area contributed by atoms with Crippen LogP contribution in [0.25, 0.3) is 0 Å². The van der Waals surface area contributed by atoms with Gasteiger partial charge in [0.15, 0.2) is 0 Å². The van der Waals surface area contributed by atoms with Crippen LogP contribution in [-0.2, 0) is 11.2 Å². The Morgan fingerprint density at radius 3 is 3.18 bits per heavy atom. The molecule has 1 aromatic heterocycles. The third-order valence-electron chi connectivity index (χ3n) is 2.68. The van der Waals surface area contributed by atoms with Crippen molar-refractivity contribution < 1.29 is 4.79 Å². The standard InChI is InChI=1S/C11H17N3OS2/c1-3-8-4-12-11(17-8)7(2)14-10(15)9-5-16-6-13-9/h4,7,9,13H,3,5-6H2,1-2H3,(H,14,15). The summed E-state index contributed by atoms with van der Waals surface area (Å²) in [5.41, 5.74) is 0. The summed E-state index contributed by atoms with van der Waals surface area (Å²) < 4.78 is 0. The molecule has 1 aliphatic heterocycles. The molecule has 2 atom stereocenters. The van der Waals surface area contributed by atoms with Crippen molar-refractivity contribution in [1.82, 2.24) is 15.6 Å². The van der Waals surface area contributed by atoms with Crippen LogP contribution in [-0.4, -0.2) is 28.6 Å². The Morgan fingerprint density at radius 2 is 2.59 bits per heavy atom. The molecule has 1 aliphatic rings. The highest BCUT2D eigenvalue weighted by Gasteiger charge is 2.24. The summed E-state index contributed by atoms with van der Waals surface area (Å²) in [6.07, 6.45) is 2.89. The summed E-state index contributed by atoms with van der Waals surface area (Å²) in [6, 6.07) is -0.0479. The number of aromatic nitrogens is 1. The molecule has 2 unspecified atom stereocenters. The normalized spacial score (nSPS) is 21.4. The number of aryl methyl sites for hydroxylation is 1. The molecule has 1 fully saturated rings. The maximum absolute atomic E-state index is 11.9. The van der Waals surface area contributed by atoms with E-state index < -0.39 is 0 Å². The van der Waals surface area contributed by atoms with E-state index in [1.807, 2.05) is 13.1 Å². The maximum atomic E-state index is 11.9. The van der Waals surface area contributed by atoms with E-state index in [1.54, 1.807) is 23.1 Å². The molecule has 94 valence electrons. The van der Waals surface area contributed by atoms with Crippen LogP contribution in [0.4, 0.5) is 0 Å². The molecule has 2 heterocycles. The highest BCUT2D eigenvalue weighted by molar-refractivity contribution is 7.99. The molecule has 0 aliphatic carbocycles. The smallest absolute Gasteiger partial charge is 0.238 e. The van der Waals surface area contributed by atoms with Gasteiger partial charge in [0.05, 0.1) is 12.1 Å². The summed E-state index contributed by atoms with van der Waals surface area (Å²) in [5, 5.41) is 7.16. The zero-order valence-electron chi connectivity index (χ0n) is 10.0. The van der Waals surface area contributed by atoms with Crippen LogP contribution in [0.1, 0.15) is 29.8 Å². The van der Waals surface area contributed by atoms with Gasteiger partial charge in [-0.2, -0.15) is 0 Å². The average Bonchev–Trinajstić information content (AvgIpc) is 3.00. The number of thiazole rings is 1. The molecule has 0 radical (unpaired) electrons. The third-order valence-corrected chi connectivity index (χ3v) is 4.95. The van der Waals surface area contributed by atoms with Crippen molar-refractivity contribution in [3.8, 4) is 0 Å². The van der Waals surface area contributed by atoms with E-state index in [-0.39, 0.29) is 18.0 Å². The number of carbonyl (C=O) groups excluding carboxylic acids is 1. The van der Waals surface area contributed by atoms with E-state index in [9.17, 15) is 4.79 Å². The van der Waals surface area contributed by atoms with Gasteiger partial charge in [-0.25, -0.2) is 4.98 Å². The molecule has 2 rings (SSSR count). The monoisotopic (exact) mass is 271 g/mol. The molecule has 6 heteroatoms. The second-order valence-electron chi connectivity index (χ2n) is 4.02. The molecule has 0 spiro atoms. The first-order valence-electron chi connectivity index (χ1n) is 5.76. The maximum Gasteiger partial charge on any atom is 0.238 e. The zero-order chi connectivity index (χ0) is 12.3. The number of nitrogens with zero attached hydrogens (tertiary/aromatic N) is 1. The first-order chi connectivity index (χ1) is 8.20. The fourth-order valence-electron chi connectivity index (χ4n) is 1.63. The van der Waals surface area contributed by atoms with Crippen molar-refractivity contribution >= 4 is 29.0 Å². The molecule has 0 bridgehead atoms. The Kier molecular flexibility index (Phi) is 4.42. The Morgan fingerprint density at radius 1 is 1.76 bits per heavy atom. The van der Waals surface area contributed by atoms with Crippen LogP contribution in [0.15, 0.2) is 6.20 Å². The topological polar surface area (TPSA) is 54.0 Å². The molecular formula is C11H17N3OS2. The summed E-state index contributed by atoms with van der Waals surface area (Å²) in [4.78, 5) is 17.5. The van der Waals surface area contributed by atoms with Crippen molar-refractivity contribution in [2.24, 2.45) is 0 Å². The number of carbonyl (C=O) groups is 1. The zero-order valence-corrected chi connectivity index (χ0v) is 11.7. The molecule has 1 aromatic rings. The van der Waals surface area contributed by atoms with Gasteiger partial charge in [-0.1, -0.05) is 6.92 Å². The number of thioether (sulfide) groups is 1. The second kappa shape index (κ2) is 5.84. The fourth-order valence-corrected chi connectivity index (χ4v) is 3.43. The number of rotatable bonds is 4. The highest BCUT2D eigenvalue weighted by Crippen LogP contribution is 2.20. The third kappa shape index (κ3) is 3.20. The van der Waals surface area contributed by atoms with Crippen LogP contribution < -0.4 is 10.6 Å². The summed E-state index contributed by atoms with van der Waals surface area (Å²) >= 11 is 3.43. The summed E-state index contributed by atoms with van der Waals surface area (Å²) in [7, 11) is 0. The first kappa shape index (κ1) is 12.9. The summed E-state index contributed by atoms with van der Waals surface area (Å²) in [5.74, 6) is 1.80. The van der Waals surface area contributed by atoms with E-state index in [0.29, 0.717) is 0 Å². The lowest BCUT2D eigenvalue weighted by atomic mass is 10.3. The van der Waals surface area contributed by atoms with Crippen molar-refractivity contribution in [3.63, 3.8) is 0 Å². The highest BCUT2D eigenvalue weighted by atomic mass is 32.2. The van der Waals surface area contributed by atoms with Gasteiger partial charge in [-0.05, 0) is 13.3 Å². The SMILES string of the molecule is CCc1cnc(C(C)NC(=O)C2CSCN2)s1. The second-order valence-corrected chi connectivity index (χ2v) is 6.20. The van der Waals surface area contributed by atoms with Gasteiger partial charge in [0.1, 0.15) is 5.01 Å². The molecular weight excluding hydrogens is 254 g/mol. The lowest BCUT2D eigenvalue weighted by molar-refractivity contribution is -0.123. The van der Waals surface area contributed by atoms with Gasteiger partial charge in [0.25, 0.3) is 0 Å². The Balaban J connectivity index is 1.91. The van der Waals surface area contributed by atoms with Crippen molar-refractivity contribution in [1.29, 1.82) is 0 Å². The lowest BCUT2D eigenvalue weighted by Gasteiger charge is -2.14. The van der Waals surface area contributed by atoms with Crippen LogP contribution in [0.2, 0.25) is 0 Å². The molecule has 1 amide bonds. The van der Waals surface area contributed by atoms with Crippen LogP contribution in [0.5, 0.6) is 0 Å². The molecule has 2 N–H and O–H groups in total. The predicted molar refractivity (Wildman–Crippen MR) is 72.3 cm³/mol. The number of nitrogens with one attached hydrogen (secondary N) is 2. The number of hydrogen-bond donors (Lipinski definition) is 2. The van der Waals surface area contributed by atoms with Crippen molar-refractivity contribution in [2.75, 3.05) is 11.6 Å². The Labute approximate surface area is 110 Å². The largest absolute Gasteiger partial charge is 0.346 e. The molecule has 4 nitrogen and oxygen atoms in total. The first-order valence-corrected chi connectivity index (χ1v) is 7.74. The van der Waals surface area contributed by atoms with E-state index in [2.05, 4.69) is 22.5 Å². The Hall–Kier alpha value is -0.590. The Bertz CT molecular complexity index is 388. The predicted octanol–water partition coefficient (Wildman–Crippen LogP) is 1.55. The van der Waals surface area contributed by atoms with Gasteiger partial charge in [-0.3, -0.25) is 10.1 Å². The van der Waals surface area contributed by atoms with Crippen LogP contribution in [0.3, 0.4) is 0 Å². The van der Waals surface area contributed by atoms with Crippen LogP contribution in [0, 0.1) is 0 Å². The summed E-state index contributed by atoms with van der Waals surface area (Å²) in [6.45, 7) is 4.10. The van der Waals surface area contributed by atoms with E-state index >= 15 is 0 Å². The van der Waals surface area contributed by atoms with Gasteiger partial charge in [0.2, 0.25) is 5.91 Å². The van der Waals surface area contributed by atoms with Crippen molar-refractivity contribution in [3.05, 3.63) is 16.1 Å². The van der Waals surface area contributed by atoms with E-state index in [1.165, 1.54) is 4.88 Å². The van der Waals surface area contributed by atoms with Crippen LogP contribution >= 0.6 is 23.1 Å². The van der Waals surface area contributed by atoms with Gasteiger partial charge < -0.3 is 5.32 Å². The van der Waals surface area contributed by atoms with E-state index in [4.69, 9.17) is 0 Å². The molecule has 0 aromatic carbocycles. The average molecular weight is 271 g/mol. The van der Waals surface area contributed by atoms with Crippen molar-refractivity contribution in [2.45, 2.75) is 32.4 Å². The quantitative estimate of drug-likeness (QED) is 0.872. The minimum atomic E-state index is -0.0481. The number of hydrogen-bond acceptors (Lipinski definition) is 5. The lowest BCUT2D eigenvalue weighted by Crippen LogP contribution is -2.42. The molecule has 17 heavy (non-hydrogen) atoms. The minimum absolute atomic E-state index is 0.000185. The van der Waals surface area contributed by atoms with E-state index in [0.717, 1.165) is 23.1 Å². The number of amides is 1. The fraction of sp³-hybridized carbons (Fsp3) is 0.636. The minimum Gasteiger partial charge on any atom is -0.346 e. The van der Waals surface area contributed by atoms with Gasteiger partial charge in [-0.15, -0.1) is 23.1 Å². The van der Waals surface area contributed by atoms with Gasteiger partial charge >= 0.3 is 0 Å². The molecule has 1 saturated heterocycles.